The van der Waals surface area contributed by atoms with Crippen LogP contribution >= 0.6 is 113 Å². The summed E-state index contributed by atoms with van der Waals surface area (Å²) in [4.78, 5) is 18.9. The van der Waals surface area contributed by atoms with Crippen molar-refractivity contribution in [2.24, 2.45) is 13.0 Å². The van der Waals surface area contributed by atoms with Gasteiger partial charge in [0.2, 0.25) is 0 Å². The summed E-state index contributed by atoms with van der Waals surface area (Å²) in [5.74, 6) is 0.752. The van der Waals surface area contributed by atoms with E-state index in [-0.39, 0.29) is 0 Å². The zero-order valence-electron chi connectivity index (χ0n) is 42.5. The minimum Gasteiger partial charge on any atom is -0.330 e. The number of unbranched alkanes of at least 4 members (excludes halogenated alkanes) is 4. The van der Waals surface area contributed by atoms with Crippen molar-refractivity contribution in [3.8, 4) is 79.4 Å². The van der Waals surface area contributed by atoms with E-state index in [0.29, 0.717) is 0 Å². The zero-order chi connectivity index (χ0) is 50.9. The van der Waals surface area contributed by atoms with Gasteiger partial charge in [0.05, 0.1) is 11.0 Å². The van der Waals surface area contributed by atoms with E-state index in [4.69, 9.17) is 0 Å². The lowest BCUT2D eigenvalue weighted by molar-refractivity contribution is 0.369. The molecule has 0 atom stereocenters. The summed E-state index contributed by atoms with van der Waals surface area (Å²) in [6.07, 6.45) is 11.8. The van der Waals surface area contributed by atoms with Crippen molar-refractivity contribution in [1.82, 2.24) is 9.13 Å². The molecule has 0 aliphatic carbocycles. The Kier molecular flexibility index (Phi) is 13.8. The maximum absolute atomic E-state index is 2.72. The smallest absolute Gasteiger partial charge is 0.122 e. The lowest BCUT2D eigenvalue weighted by Crippen LogP contribution is -2.09. The number of hydrogen-bond acceptors (Lipinski definition) is 10. The Morgan fingerprint density at radius 3 is 1.24 bits per heavy atom. The monoisotopic (exact) mass is 1170 g/mol. The van der Waals surface area contributed by atoms with E-state index >= 15 is 0 Å². The Labute approximate surface area is 484 Å². The molecule has 0 radical (unpaired) electrons. The summed E-state index contributed by atoms with van der Waals surface area (Å²) in [6, 6.07) is 51.5. The first-order valence-electron chi connectivity index (χ1n) is 26.5. The van der Waals surface area contributed by atoms with Crippen molar-refractivity contribution in [3.63, 3.8) is 0 Å². The molecule has 14 aromatic rings. The molecule has 12 heteroatoms. The van der Waals surface area contributed by atoms with Gasteiger partial charge in [0.15, 0.2) is 0 Å². The van der Waals surface area contributed by atoms with Crippen LogP contribution in [-0.2, 0) is 13.6 Å². The van der Waals surface area contributed by atoms with Crippen LogP contribution in [0.2, 0.25) is 0 Å². The number of hydrogen-bond donors (Lipinski definition) is 0. The van der Waals surface area contributed by atoms with Gasteiger partial charge in [-0.1, -0.05) is 102 Å². The molecule has 0 fully saturated rings. The molecule has 12 aromatic heterocycles. The minimum absolute atomic E-state index is 0.752. The molecular formula is C64H54N2S10. The SMILES string of the molecule is CCCCCC(CCCCC)CCn1c2cc(-c3cc4sc(-c5ccc(-c6ccc(-c7cccs7)s6)s5)cc4s3)ccc2c2c3ccc(-c4cc5sc(-c6ccc(-c7ccc(-c8cccs8)s7)s6)cc5s4)cc3n(C)c21. The minimum atomic E-state index is 0.752. The highest BCUT2D eigenvalue weighted by Crippen LogP contribution is 2.50. The van der Waals surface area contributed by atoms with Crippen LogP contribution in [0.1, 0.15) is 71.6 Å². The van der Waals surface area contributed by atoms with Crippen LogP contribution in [0.25, 0.3) is 131 Å². The summed E-state index contributed by atoms with van der Waals surface area (Å²) < 4.78 is 10.8. The second-order valence-corrected chi connectivity index (χ2v) is 30.6. The lowest BCUT2D eigenvalue weighted by Gasteiger charge is -2.18. The van der Waals surface area contributed by atoms with Gasteiger partial charge in [-0.15, -0.1) is 113 Å². The Hall–Kier alpha value is -4.70. The van der Waals surface area contributed by atoms with Crippen LogP contribution in [0.4, 0.5) is 0 Å². The average Bonchev–Trinajstić information content (AvgIpc) is 4.41. The number of aryl methyl sites for hydroxylation is 2. The standard InChI is InChI=1S/C64H54N2S10/c1-4-6-8-12-38(13-9-7-5-2)28-29-66-44-33-40(56-35-60-62(74-56)37-58(76-60)54-27-25-52(72-54)50-23-21-48(70-50)46-15-11-31-68-46)17-19-42(44)63-41-18-16-39(32-43(41)65(3)64(63)66)55-34-59-61(73-55)36-57(75-59)53-26-24-51(71-53)49-22-20-47(69-49)45-14-10-30-67-45/h10-11,14-27,30-38H,4-9,12-13,28-29H2,1-3H3. The van der Waals surface area contributed by atoms with Gasteiger partial charge in [0, 0.05) is 117 Å². The molecule has 0 amide bonds. The molecule has 0 saturated carbocycles. The molecule has 0 bridgehead atoms. The third kappa shape index (κ3) is 9.31. The van der Waals surface area contributed by atoms with Gasteiger partial charge < -0.3 is 9.13 Å². The number of benzene rings is 2. The van der Waals surface area contributed by atoms with Gasteiger partial charge in [-0.2, -0.15) is 0 Å². The maximum atomic E-state index is 2.72. The van der Waals surface area contributed by atoms with Crippen molar-refractivity contribution in [1.29, 1.82) is 0 Å². The molecule has 12 heterocycles. The maximum Gasteiger partial charge on any atom is 0.122 e. The number of aromatic nitrogens is 2. The number of thiophene rings is 10. The van der Waals surface area contributed by atoms with Crippen LogP contribution in [0.15, 0.2) is 144 Å². The first-order valence-corrected chi connectivity index (χ1v) is 34.8. The highest BCUT2D eigenvalue weighted by atomic mass is 32.1. The normalized spacial score (nSPS) is 12.3. The quantitative estimate of drug-likeness (QED) is 0.0714. The summed E-state index contributed by atoms with van der Waals surface area (Å²) in [6.45, 7) is 5.72. The molecule has 2 nitrogen and oxygen atoms in total. The van der Waals surface area contributed by atoms with E-state index < -0.39 is 0 Å². The third-order valence-corrected chi connectivity index (χ3v) is 27.0. The third-order valence-electron chi connectivity index (χ3n) is 15.1. The second kappa shape index (κ2) is 21.2. The highest BCUT2D eigenvalue weighted by Gasteiger charge is 2.23. The zero-order valence-corrected chi connectivity index (χ0v) is 50.6. The van der Waals surface area contributed by atoms with E-state index in [9.17, 15) is 0 Å². The van der Waals surface area contributed by atoms with Gasteiger partial charge in [-0.3, -0.25) is 0 Å². The first kappa shape index (κ1) is 49.6. The van der Waals surface area contributed by atoms with Gasteiger partial charge >= 0.3 is 0 Å². The van der Waals surface area contributed by atoms with E-state index in [1.54, 1.807) is 0 Å². The van der Waals surface area contributed by atoms with Gasteiger partial charge in [0.1, 0.15) is 5.65 Å². The van der Waals surface area contributed by atoms with E-state index in [2.05, 4.69) is 174 Å². The molecule has 380 valence electrons. The van der Waals surface area contributed by atoms with E-state index in [1.807, 2.05) is 113 Å². The van der Waals surface area contributed by atoms with Gasteiger partial charge in [0.25, 0.3) is 0 Å². The summed E-state index contributed by atoms with van der Waals surface area (Å²) >= 11 is 19.0. The molecule has 0 N–H and O–H groups in total. The van der Waals surface area contributed by atoms with Crippen molar-refractivity contribution in [2.45, 2.75) is 78.2 Å². The predicted molar refractivity (Wildman–Crippen MR) is 350 cm³/mol. The topological polar surface area (TPSA) is 9.86 Å². The average molecular weight is 1170 g/mol. The number of rotatable bonds is 19. The largest absolute Gasteiger partial charge is 0.330 e. The number of nitrogens with zero attached hydrogens (tertiary/aromatic N) is 2. The summed E-state index contributed by atoms with van der Waals surface area (Å²) in [5.41, 5.74) is 6.67. The molecule has 0 aliphatic rings. The summed E-state index contributed by atoms with van der Waals surface area (Å²) in [7, 11) is 2.32. The van der Waals surface area contributed by atoms with Gasteiger partial charge in [-0.05, 0) is 131 Å². The Bertz CT molecular complexity index is 4230. The Balaban J connectivity index is 0.774. The van der Waals surface area contributed by atoms with Crippen LogP contribution < -0.4 is 0 Å². The van der Waals surface area contributed by atoms with Crippen LogP contribution in [0.5, 0.6) is 0 Å². The van der Waals surface area contributed by atoms with E-state index in [1.165, 1.54) is 189 Å². The van der Waals surface area contributed by atoms with Crippen molar-refractivity contribution in [3.05, 3.63) is 144 Å². The Morgan fingerprint density at radius 2 is 0.789 bits per heavy atom. The fourth-order valence-electron chi connectivity index (χ4n) is 11.2. The molecule has 0 spiro atoms. The molecular weight excluding hydrogens is 1120 g/mol. The lowest BCUT2D eigenvalue weighted by atomic mass is 9.92. The highest BCUT2D eigenvalue weighted by molar-refractivity contribution is 7.34. The molecule has 76 heavy (non-hydrogen) atoms. The van der Waals surface area contributed by atoms with E-state index in [0.717, 1.165) is 12.5 Å². The van der Waals surface area contributed by atoms with Crippen LogP contribution in [0.3, 0.4) is 0 Å². The fourth-order valence-corrected chi connectivity index (χ4v) is 22.0. The molecule has 2 aromatic carbocycles. The predicted octanol–water partition coefficient (Wildman–Crippen LogP) is 24.7. The summed E-state index contributed by atoms with van der Waals surface area (Å²) in [5, 5.41) is 8.45. The van der Waals surface area contributed by atoms with Crippen LogP contribution in [0, 0.1) is 5.92 Å². The van der Waals surface area contributed by atoms with Crippen molar-refractivity contribution in [2.75, 3.05) is 0 Å². The number of fused-ring (bicyclic) bond motifs is 7. The second-order valence-electron chi connectivity index (χ2n) is 20.0. The molecule has 0 aliphatic heterocycles. The fraction of sp³-hybridized carbons (Fsp3) is 0.219. The molecule has 0 unspecified atom stereocenters. The Morgan fingerprint density at radius 1 is 0.382 bits per heavy atom. The first-order chi connectivity index (χ1) is 37.4. The van der Waals surface area contributed by atoms with Crippen molar-refractivity contribution < 1.29 is 0 Å². The molecule has 0 saturated heterocycles. The van der Waals surface area contributed by atoms with Gasteiger partial charge in [-0.25, -0.2) is 0 Å². The molecule has 14 rings (SSSR count). The van der Waals surface area contributed by atoms with Crippen molar-refractivity contribution >= 4 is 165 Å². The van der Waals surface area contributed by atoms with Crippen LogP contribution in [-0.4, -0.2) is 9.13 Å².